The summed E-state index contributed by atoms with van der Waals surface area (Å²) in [6.07, 6.45) is -2.15. The average molecular weight is 419 g/mol. The molecule has 3 aromatic carbocycles. The number of ether oxygens (including phenoxy) is 4. The first kappa shape index (κ1) is 20.3. The molecule has 1 heterocycles. The number of hydrogen-bond acceptors (Lipinski definition) is 6. The van der Waals surface area contributed by atoms with Gasteiger partial charge in [-0.2, -0.15) is 0 Å². The molecule has 0 saturated heterocycles. The Morgan fingerprint density at radius 2 is 1.71 bits per heavy atom. The van der Waals surface area contributed by atoms with Crippen LogP contribution in [0.4, 0.5) is 5.69 Å². The molecule has 0 saturated carbocycles. The van der Waals surface area contributed by atoms with Gasteiger partial charge in [-0.05, 0) is 24.3 Å². The largest absolute Gasteiger partial charge is 0.497 e. The molecule has 1 aliphatic heterocycles. The molecule has 3 aromatic rings. The van der Waals surface area contributed by atoms with Gasteiger partial charge in [0, 0.05) is 17.3 Å². The van der Waals surface area contributed by atoms with Gasteiger partial charge in [-0.3, -0.25) is 4.79 Å². The summed E-state index contributed by atoms with van der Waals surface area (Å²) in [5, 5.41) is 2.77. The number of carbonyl (C=O) groups is 2. The zero-order valence-corrected chi connectivity index (χ0v) is 16.8. The van der Waals surface area contributed by atoms with E-state index in [1.807, 2.05) is 12.1 Å². The molecular formula is C24H21NO6. The lowest BCUT2D eigenvalue weighted by molar-refractivity contribution is -0.164. The summed E-state index contributed by atoms with van der Waals surface area (Å²) >= 11 is 0. The van der Waals surface area contributed by atoms with Gasteiger partial charge in [-0.1, -0.05) is 48.5 Å². The lowest BCUT2D eigenvalue weighted by Crippen LogP contribution is -2.39. The molecule has 1 aliphatic rings. The third kappa shape index (κ3) is 4.78. The maximum atomic E-state index is 13.0. The molecule has 0 unspecified atom stereocenters. The molecule has 4 rings (SSSR count). The maximum Gasteiger partial charge on any atom is 0.352 e. The molecule has 1 N–H and O–H groups in total. The molecule has 7 heteroatoms. The molecule has 0 spiro atoms. The predicted molar refractivity (Wildman–Crippen MR) is 113 cm³/mol. The van der Waals surface area contributed by atoms with Crippen LogP contribution in [0.15, 0.2) is 78.9 Å². The Balaban J connectivity index is 1.51. The minimum Gasteiger partial charge on any atom is -0.497 e. The number of anilines is 1. The topological polar surface area (TPSA) is 83.1 Å². The van der Waals surface area contributed by atoms with E-state index >= 15 is 0 Å². The second-order valence-electron chi connectivity index (χ2n) is 6.81. The number of amides is 1. The minimum absolute atomic E-state index is 0.00510. The number of rotatable bonds is 6. The molecule has 0 aliphatic carbocycles. The van der Waals surface area contributed by atoms with E-state index in [0.29, 0.717) is 28.5 Å². The third-order valence-corrected chi connectivity index (χ3v) is 4.68. The van der Waals surface area contributed by atoms with Crippen molar-refractivity contribution in [3.05, 3.63) is 84.4 Å². The lowest BCUT2D eigenvalue weighted by Gasteiger charge is -2.26. The van der Waals surface area contributed by atoms with Crippen LogP contribution in [-0.4, -0.2) is 31.7 Å². The second kappa shape index (κ2) is 9.21. The summed E-state index contributed by atoms with van der Waals surface area (Å²) in [5.74, 6) is 0.418. The molecule has 31 heavy (non-hydrogen) atoms. The summed E-state index contributed by atoms with van der Waals surface area (Å²) in [6.45, 7) is -0.00510. The van der Waals surface area contributed by atoms with Crippen molar-refractivity contribution in [2.75, 3.05) is 19.0 Å². The molecular weight excluding hydrogens is 398 g/mol. The number of carbonyl (C=O) groups excluding carboxylic acids is 2. The Morgan fingerprint density at radius 3 is 2.48 bits per heavy atom. The van der Waals surface area contributed by atoms with E-state index in [0.717, 1.165) is 0 Å². The number of esters is 1. The number of nitrogens with one attached hydrogen (secondary N) is 1. The van der Waals surface area contributed by atoms with Crippen molar-refractivity contribution in [1.29, 1.82) is 0 Å². The number of benzene rings is 3. The number of hydrogen-bond donors (Lipinski definition) is 1. The van der Waals surface area contributed by atoms with Gasteiger partial charge in [0.05, 0.1) is 7.11 Å². The van der Waals surface area contributed by atoms with Crippen LogP contribution < -0.4 is 19.5 Å². The van der Waals surface area contributed by atoms with E-state index in [1.165, 1.54) is 0 Å². The standard InChI is InChI=1S/C24H21NO6/c1-28-18-11-7-10-17(14-18)25-23(26)22(16-8-3-2-4-9-16)31-24(27)21-15-29-19-12-5-6-13-20(19)30-21/h2-14,21-22H,15H2,1H3,(H,25,26)/t21-,22-/m0/s1. The van der Waals surface area contributed by atoms with Crippen LogP contribution in [0, 0.1) is 0 Å². The highest BCUT2D eigenvalue weighted by Gasteiger charge is 2.33. The predicted octanol–water partition coefficient (Wildman–Crippen LogP) is 3.76. The molecule has 0 fully saturated rings. The fraction of sp³-hybridized carbons (Fsp3) is 0.167. The number of fused-ring (bicyclic) bond motifs is 1. The fourth-order valence-electron chi connectivity index (χ4n) is 3.14. The SMILES string of the molecule is COc1cccc(NC(=O)[C@@H](OC(=O)[C@@H]2COc3ccccc3O2)c2ccccc2)c1. The van der Waals surface area contributed by atoms with E-state index in [4.69, 9.17) is 18.9 Å². The highest BCUT2D eigenvalue weighted by molar-refractivity contribution is 5.96. The summed E-state index contributed by atoms with van der Waals surface area (Å²) in [5.41, 5.74) is 1.06. The molecule has 0 aromatic heterocycles. The zero-order chi connectivity index (χ0) is 21.6. The van der Waals surface area contributed by atoms with E-state index in [2.05, 4.69) is 5.32 Å². The van der Waals surface area contributed by atoms with Gasteiger partial charge in [0.2, 0.25) is 12.2 Å². The van der Waals surface area contributed by atoms with Gasteiger partial charge >= 0.3 is 5.97 Å². The van der Waals surface area contributed by atoms with Gasteiger partial charge in [0.1, 0.15) is 12.4 Å². The Labute approximate surface area is 179 Å². The molecule has 158 valence electrons. The van der Waals surface area contributed by atoms with Crippen LogP contribution in [0.5, 0.6) is 17.2 Å². The van der Waals surface area contributed by atoms with Crippen molar-refractivity contribution >= 4 is 17.6 Å². The Bertz CT molecular complexity index is 1070. The van der Waals surface area contributed by atoms with Crippen LogP contribution >= 0.6 is 0 Å². The Kier molecular flexibility index (Phi) is 6.03. The molecule has 0 bridgehead atoms. The van der Waals surface area contributed by atoms with Crippen LogP contribution in [-0.2, 0) is 14.3 Å². The number of methoxy groups -OCH3 is 1. The summed E-state index contributed by atoms with van der Waals surface area (Å²) < 4.78 is 22.1. The third-order valence-electron chi connectivity index (χ3n) is 4.68. The normalized spacial score (nSPS) is 15.5. The second-order valence-corrected chi connectivity index (χ2v) is 6.81. The van der Waals surface area contributed by atoms with Crippen molar-refractivity contribution in [3.8, 4) is 17.2 Å². The van der Waals surface area contributed by atoms with Crippen LogP contribution in [0.1, 0.15) is 11.7 Å². The minimum atomic E-state index is -1.17. The monoisotopic (exact) mass is 419 g/mol. The Morgan fingerprint density at radius 1 is 0.968 bits per heavy atom. The van der Waals surface area contributed by atoms with Gasteiger partial charge in [-0.25, -0.2) is 4.79 Å². The first-order valence-electron chi connectivity index (χ1n) is 9.73. The van der Waals surface area contributed by atoms with Gasteiger partial charge in [-0.15, -0.1) is 0 Å². The molecule has 2 atom stereocenters. The average Bonchev–Trinajstić information content (AvgIpc) is 2.82. The smallest absolute Gasteiger partial charge is 0.352 e. The van der Waals surface area contributed by atoms with Crippen LogP contribution in [0.25, 0.3) is 0 Å². The lowest BCUT2D eigenvalue weighted by atomic mass is 10.1. The van der Waals surface area contributed by atoms with Crippen molar-refractivity contribution in [2.45, 2.75) is 12.2 Å². The molecule has 7 nitrogen and oxygen atoms in total. The van der Waals surface area contributed by atoms with Crippen molar-refractivity contribution < 1.29 is 28.5 Å². The number of para-hydroxylation sites is 2. The van der Waals surface area contributed by atoms with Crippen LogP contribution in [0.3, 0.4) is 0 Å². The van der Waals surface area contributed by atoms with E-state index in [1.54, 1.807) is 73.8 Å². The van der Waals surface area contributed by atoms with Crippen molar-refractivity contribution in [1.82, 2.24) is 0 Å². The van der Waals surface area contributed by atoms with E-state index in [-0.39, 0.29) is 6.61 Å². The van der Waals surface area contributed by atoms with Crippen molar-refractivity contribution in [3.63, 3.8) is 0 Å². The summed E-state index contributed by atoms with van der Waals surface area (Å²) in [6, 6.07) is 22.8. The van der Waals surface area contributed by atoms with E-state index in [9.17, 15) is 9.59 Å². The zero-order valence-electron chi connectivity index (χ0n) is 16.8. The van der Waals surface area contributed by atoms with Gasteiger partial charge in [0.15, 0.2) is 11.5 Å². The summed E-state index contributed by atoms with van der Waals surface area (Å²) in [7, 11) is 1.54. The first-order valence-corrected chi connectivity index (χ1v) is 9.73. The van der Waals surface area contributed by atoms with Gasteiger partial charge < -0.3 is 24.3 Å². The van der Waals surface area contributed by atoms with E-state index < -0.39 is 24.1 Å². The van der Waals surface area contributed by atoms with Crippen molar-refractivity contribution in [2.24, 2.45) is 0 Å². The van der Waals surface area contributed by atoms with Crippen LogP contribution in [0.2, 0.25) is 0 Å². The quantitative estimate of drug-likeness (QED) is 0.613. The molecule has 1 amide bonds. The maximum absolute atomic E-state index is 13.0. The highest BCUT2D eigenvalue weighted by atomic mass is 16.6. The summed E-state index contributed by atoms with van der Waals surface area (Å²) in [4.78, 5) is 25.8. The molecule has 0 radical (unpaired) electrons. The van der Waals surface area contributed by atoms with Gasteiger partial charge in [0.25, 0.3) is 5.91 Å². The first-order chi connectivity index (χ1) is 15.1. The highest BCUT2D eigenvalue weighted by Crippen LogP contribution is 2.32. The Hall–Kier alpha value is -4.00. The fourth-order valence-corrected chi connectivity index (χ4v) is 3.14.